The van der Waals surface area contributed by atoms with Gasteiger partial charge in [0.25, 0.3) is 0 Å². The Labute approximate surface area is 95.7 Å². The van der Waals surface area contributed by atoms with E-state index >= 15 is 0 Å². The first-order valence-corrected chi connectivity index (χ1v) is 7.95. The zero-order valence-electron chi connectivity index (χ0n) is 8.70. The molecule has 0 amide bonds. The monoisotopic (exact) mass is 291 g/mol. The maximum absolute atomic E-state index is 11.0. The van der Waals surface area contributed by atoms with E-state index in [-0.39, 0.29) is 16.6 Å². The molecule has 0 saturated carbocycles. The summed E-state index contributed by atoms with van der Waals surface area (Å²) in [6.45, 7) is 1.63. The summed E-state index contributed by atoms with van der Waals surface area (Å²) in [4.78, 5) is 0. The Morgan fingerprint density at radius 2 is 2.12 bits per heavy atom. The van der Waals surface area contributed by atoms with Crippen LogP contribution in [0, 0.1) is 0 Å². The average molecular weight is 291 g/mol. The first kappa shape index (κ1) is 13.1. The number of anilines is 1. The van der Waals surface area contributed by atoms with Gasteiger partial charge in [-0.1, -0.05) is 0 Å². The minimum atomic E-state index is -4.90. The molecule has 0 heterocycles. The molecule has 0 unspecified atom stereocenters. The van der Waals surface area contributed by atoms with Gasteiger partial charge in [-0.3, -0.25) is 0 Å². The van der Waals surface area contributed by atoms with Crippen molar-refractivity contribution in [1.82, 2.24) is 0 Å². The van der Waals surface area contributed by atoms with Crippen LogP contribution in [0.2, 0.25) is 0 Å². The van der Waals surface area contributed by atoms with Gasteiger partial charge >= 0.3 is 95.3 Å². The van der Waals surface area contributed by atoms with Gasteiger partial charge < -0.3 is 0 Å². The third kappa shape index (κ3) is 3.57. The molecule has 7 heteroatoms. The normalized spacial score (nSPS) is 13.5. The number of hydrogen-bond acceptors (Lipinski definition) is 4. The van der Waals surface area contributed by atoms with E-state index in [0.717, 1.165) is 0 Å². The standard InChI is InChI=1S/C9H14AsNO5/c1-6(12)5-16-9-3-2-7(4-8(9)11)10(13,14)15/h2-4,6,12H,5,11H2,1H3,(H2,13,14,15)/t6-/m1/s1. The second-order valence-electron chi connectivity index (χ2n) is 3.43. The zero-order valence-corrected chi connectivity index (χ0v) is 10.6. The predicted molar refractivity (Wildman–Crippen MR) is 58.5 cm³/mol. The van der Waals surface area contributed by atoms with Crippen molar-refractivity contribution in [3.63, 3.8) is 0 Å². The van der Waals surface area contributed by atoms with Gasteiger partial charge in [0.15, 0.2) is 0 Å². The van der Waals surface area contributed by atoms with Crippen LogP contribution in [0.25, 0.3) is 0 Å². The number of rotatable bonds is 4. The predicted octanol–water partition coefficient (Wildman–Crippen LogP) is -1.41. The van der Waals surface area contributed by atoms with Crippen molar-refractivity contribution in [3.05, 3.63) is 18.2 Å². The number of nitrogen functional groups attached to an aromatic ring is 1. The van der Waals surface area contributed by atoms with Gasteiger partial charge in [0.1, 0.15) is 0 Å². The van der Waals surface area contributed by atoms with Gasteiger partial charge in [-0.15, -0.1) is 0 Å². The van der Waals surface area contributed by atoms with Crippen LogP contribution < -0.4 is 14.8 Å². The molecule has 90 valence electrons. The molecule has 0 aliphatic rings. The summed E-state index contributed by atoms with van der Waals surface area (Å²) in [6, 6.07) is 3.85. The Morgan fingerprint density at radius 1 is 1.50 bits per heavy atom. The molecule has 6 nitrogen and oxygen atoms in total. The van der Waals surface area contributed by atoms with Crippen molar-refractivity contribution in [2.75, 3.05) is 12.3 Å². The van der Waals surface area contributed by atoms with Crippen molar-refractivity contribution in [3.8, 4) is 5.75 Å². The SMILES string of the molecule is C[C@@H](O)COc1ccc([As](=O)(O)O)cc1N. The fraction of sp³-hybridized carbons (Fsp3) is 0.333. The fourth-order valence-electron chi connectivity index (χ4n) is 1.06. The maximum atomic E-state index is 11.0. The van der Waals surface area contributed by atoms with Crippen LogP contribution in [0.1, 0.15) is 6.92 Å². The number of aliphatic hydroxyl groups is 1. The zero-order chi connectivity index (χ0) is 12.3. The molecule has 0 spiro atoms. The molecule has 0 aromatic heterocycles. The number of aliphatic hydroxyl groups excluding tert-OH is 1. The third-order valence-electron chi connectivity index (χ3n) is 1.81. The van der Waals surface area contributed by atoms with Crippen LogP contribution >= 0.6 is 0 Å². The van der Waals surface area contributed by atoms with Gasteiger partial charge in [0.05, 0.1) is 0 Å². The molecule has 0 aliphatic heterocycles. The fourth-order valence-corrected chi connectivity index (χ4v) is 2.27. The van der Waals surface area contributed by atoms with Crippen LogP contribution in [-0.2, 0) is 3.74 Å². The van der Waals surface area contributed by atoms with E-state index in [2.05, 4.69) is 0 Å². The van der Waals surface area contributed by atoms with E-state index in [4.69, 9.17) is 23.8 Å². The molecule has 0 saturated heterocycles. The van der Waals surface area contributed by atoms with Crippen LogP contribution in [0.5, 0.6) is 5.75 Å². The minimum absolute atomic E-state index is 0.0739. The van der Waals surface area contributed by atoms with Crippen LogP contribution in [0.4, 0.5) is 5.69 Å². The molecule has 16 heavy (non-hydrogen) atoms. The molecule has 0 aliphatic carbocycles. The molecule has 1 rings (SSSR count). The Balaban J connectivity index is 2.88. The van der Waals surface area contributed by atoms with E-state index in [1.54, 1.807) is 6.92 Å². The average Bonchev–Trinajstić information content (AvgIpc) is 2.14. The van der Waals surface area contributed by atoms with Gasteiger partial charge in [0.2, 0.25) is 0 Å². The topological polar surface area (TPSA) is 113 Å². The van der Waals surface area contributed by atoms with E-state index in [1.165, 1.54) is 18.2 Å². The third-order valence-corrected chi connectivity index (χ3v) is 3.80. The number of ether oxygens (including phenoxy) is 1. The second kappa shape index (κ2) is 4.93. The summed E-state index contributed by atoms with van der Waals surface area (Å²) >= 11 is -4.90. The van der Waals surface area contributed by atoms with E-state index in [1.807, 2.05) is 0 Å². The van der Waals surface area contributed by atoms with E-state index in [9.17, 15) is 3.74 Å². The van der Waals surface area contributed by atoms with Crippen LogP contribution in [-0.4, -0.2) is 40.2 Å². The quantitative estimate of drug-likeness (QED) is 0.400. The first-order valence-electron chi connectivity index (χ1n) is 4.57. The molecular formula is C9H14AsNO5. The summed E-state index contributed by atoms with van der Waals surface area (Å²) in [5, 5.41) is 9.00. The Hall–Kier alpha value is -0.942. The molecule has 0 radical (unpaired) electrons. The molecule has 1 aromatic rings. The number of benzene rings is 1. The van der Waals surface area contributed by atoms with Crippen molar-refractivity contribution in [2.45, 2.75) is 13.0 Å². The Bertz CT molecular complexity index is 414. The van der Waals surface area contributed by atoms with Crippen molar-refractivity contribution < 1.29 is 21.8 Å². The second-order valence-corrected chi connectivity index (χ2v) is 6.79. The van der Waals surface area contributed by atoms with E-state index < -0.39 is 20.3 Å². The van der Waals surface area contributed by atoms with Crippen molar-refractivity contribution in [1.29, 1.82) is 0 Å². The van der Waals surface area contributed by atoms with Crippen LogP contribution in [0.15, 0.2) is 18.2 Å². The summed E-state index contributed by atoms with van der Waals surface area (Å²) < 4.78 is 33.9. The number of nitrogens with two attached hydrogens (primary N) is 1. The molecule has 1 aromatic carbocycles. The molecule has 1 atom stereocenters. The summed E-state index contributed by atoms with van der Waals surface area (Å²) in [5.41, 5.74) is 5.71. The summed E-state index contributed by atoms with van der Waals surface area (Å²) in [6.07, 6.45) is -0.634. The van der Waals surface area contributed by atoms with Gasteiger partial charge in [0, 0.05) is 0 Å². The number of hydrogen-bond donors (Lipinski definition) is 4. The summed E-state index contributed by atoms with van der Waals surface area (Å²) in [5.74, 6) is 0.300. The van der Waals surface area contributed by atoms with Gasteiger partial charge in [-0.2, -0.15) is 0 Å². The van der Waals surface area contributed by atoms with Crippen molar-refractivity contribution in [2.24, 2.45) is 0 Å². The van der Waals surface area contributed by atoms with Crippen LogP contribution in [0.3, 0.4) is 0 Å². The molecule has 0 fully saturated rings. The molecule has 0 bridgehead atoms. The van der Waals surface area contributed by atoms with Gasteiger partial charge in [-0.25, -0.2) is 0 Å². The van der Waals surface area contributed by atoms with Crippen molar-refractivity contribution >= 4 is 24.2 Å². The van der Waals surface area contributed by atoms with E-state index in [0.29, 0.717) is 5.75 Å². The first-order chi connectivity index (χ1) is 7.30. The Morgan fingerprint density at radius 3 is 2.56 bits per heavy atom. The summed E-state index contributed by atoms with van der Waals surface area (Å²) in [7, 11) is 0. The van der Waals surface area contributed by atoms with Gasteiger partial charge in [-0.05, 0) is 0 Å². The molecule has 5 N–H and O–H groups in total. The Kier molecular flexibility index (Phi) is 4.04. The molecular weight excluding hydrogens is 277 g/mol.